The predicted octanol–water partition coefficient (Wildman–Crippen LogP) is 1.58. The highest BCUT2D eigenvalue weighted by atomic mass is 16.5. The van der Waals surface area contributed by atoms with Crippen molar-refractivity contribution in [3.63, 3.8) is 0 Å². The third-order valence-electron chi connectivity index (χ3n) is 4.42. The van der Waals surface area contributed by atoms with Crippen molar-refractivity contribution in [3.8, 4) is 0 Å². The van der Waals surface area contributed by atoms with E-state index < -0.39 is 0 Å². The molecule has 0 saturated carbocycles. The Morgan fingerprint density at radius 1 is 1.18 bits per heavy atom. The maximum Gasteiger partial charge on any atom is 0.136 e. The number of nitrogen functional groups attached to an aromatic ring is 1. The maximum absolute atomic E-state index is 6.05. The summed E-state index contributed by atoms with van der Waals surface area (Å²) in [7, 11) is 0. The van der Waals surface area contributed by atoms with E-state index in [0.29, 0.717) is 23.9 Å². The highest BCUT2D eigenvalue weighted by Crippen LogP contribution is 2.44. The lowest BCUT2D eigenvalue weighted by atomic mass is 9.88. The highest BCUT2D eigenvalue weighted by molar-refractivity contribution is 5.45. The molecule has 2 saturated heterocycles. The quantitative estimate of drug-likeness (QED) is 0.797. The van der Waals surface area contributed by atoms with Crippen LogP contribution in [0.4, 0.5) is 5.82 Å². The van der Waals surface area contributed by atoms with Gasteiger partial charge in [0.15, 0.2) is 0 Å². The number of nitrogens with two attached hydrogens (primary N) is 1. The zero-order valence-electron chi connectivity index (χ0n) is 9.85. The summed E-state index contributed by atoms with van der Waals surface area (Å²) in [6, 6.07) is 0. The van der Waals surface area contributed by atoms with Crippen molar-refractivity contribution >= 4 is 5.82 Å². The van der Waals surface area contributed by atoms with E-state index in [1.165, 1.54) is 24.1 Å². The lowest BCUT2D eigenvalue weighted by molar-refractivity contribution is 0.0998. The van der Waals surface area contributed by atoms with E-state index in [1.54, 1.807) is 0 Å². The first-order valence-electron chi connectivity index (χ1n) is 6.62. The topological polar surface area (TPSA) is 61.0 Å². The van der Waals surface area contributed by atoms with E-state index in [9.17, 15) is 0 Å². The molecule has 3 heterocycles. The van der Waals surface area contributed by atoms with Crippen LogP contribution in [-0.4, -0.2) is 22.2 Å². The minimum absolute atomic E-state index is 0.346. The Labute approximate surface area is 101 Å². The summed E-state index contributed by atoms with van der Waals surface area (Å²) in [6.45, 7) is 0. The fourth-order valence-electron chi connectivity index (χ4n) is 3.56. The minimum Gasteiger partial charge on any atom is -0.383 e. The lowest BCUT2D eigenvalue weighted by Gasteiger charge is -2.18. The Morgan fingerprint density at radius 2 is 2.12 bits per heavy atom. The number of hydrogen-bond donors (Lipinski definition) is 1. The molecule has 2 bridgehead atoms. The number of hydrogen-bond acceptors (Lipinski definition) is 4. The van der Waals surface area contributed by atoms with Crippen molar-refractivity contribution in [2.45, 2.75) is 56.7 Å². The Hall–Kier alpha value is -1.16. The van der Waals surface area contributed by atoms with Crippen LogP contribution in [0.3, 0.4) is 0 Å². The van der Waals surface area contributed by atoms with Crippen molar-refractivity contribution in [2.75, 3.05) is 5.73 Å². The molecule has 4 nitrogen and oxygen atoms in total. The summed E-state index contributed by atoms with van der Waals surface area (Å²) in [4.78, 5) is 9.28. The van der Waals surface area contributed by atoms with Gasteiger partial charge in [-0.25, -0.2) is 9.97 Å². The number of ether oxygens (including phenoxy) is 1. The number of aryl methyl sites for hydroxylation is 1. The number of rotatable bonds is 1. The molecule has 1 aromatic heterocycles. The standard InChI is InChI=1S/C13H17N3O/c14-12-8-2-1-3-10(8)15-13(16-12)9-6-7-4-5-11(9)17-7/h7,9,11H,1-6H2,(H2,14,15,16). The third-order valence-corrected chi connectivity index (χ3v) is 4.42. The van der Waals surface area contributed by atoms with Gasteiger partial charge in [-0.3, -0.25) is 0 Å². The van der Waals surface area contributed by atoms with Gasteiger partial charge in [-0.15, -0.1) is 0 Å². The van der Waals surface area contributed by atoms with Crippen molar-refractivity contribution in [1.29, 1.82) is 0 Å². The van der Waals surface area contributed by atoms with Crippen LogP contribution in [0.2, 0.25) is 0 Å². The molecule has 3 atom stereocenters. The van der Waals surface area contributed by atoms with Crippen LogP contribution in [0, 0.1) is 0 Å². The molecule has 4 rings (SSSR count). The Morgan fingerprint density at radius 3 is 2.88 bits per heavy atom. The van der Waals surface area contributed by atoms with Gasteiger partial charge in [0.05, 0.1) is 12.2 Å². The van der Waals surface area contributed by atoms with Gasteiger partial charge < -0.3 is 10.5 Å². The van der Waals surface area contributed by atoms with Crippen molar-refractivity contribution < 1.29 is 4.74 Å². The molecule has 2 N–H and O–H groups in total. The Balaban J connectivity index is 1.73. The number of fused-ring (bicyclic) bond motifs is 3. The van der Waals surface area contributed by atoms with Crippen LogP contribution in [0.15, 0.2) is 0 Å². The molecule has 0 amide bonds. The second kappa shape index (κ2) is 3.42. The number of aromatic nitrogens is 2. The Bertz CT molecular complexity index is 474. The fourth-order valence-corrected chi connectivity index (χ4v) is 3.56. The van der Waals surface area contributed by atoms with Gasteiger partial charge in [0.1, 0.15) is 11.6 Å². The first-order valence-corrected chi connectivity index (χ1v) is 6.62. The van der Waals surface area contributed by atoms with Crippen molar-refractivity contribution in [1.82, 2.24) is 9.97 Å². The molecule has 2 fully saturated rings. The average Bonchev–Trinajstić information content (AvgIpc) is 3.04. The van der Waals surface area contributed by atoms with Crippen LogP contribution in [0.1, 0.15) is 48.7 Å². The van der Waals surface area contributed by atoms with E-state index in [1.807, 2.05) is 0 Å². The summed E-state index contributed by atoms with van der Waals surface area (Å²) in [5, 5.41) is 0. The smallest absolute Gasteiger partial charge is 0.136 e. The Kier molecular flexibility index (Phi) is 1.98. The monoisotopic (exact) mass is 231 g/mol. The van der Waals surface area contributed by atoms with E-state index in [-0.39, 0.29) is 0 Å². The molecule has 0 aromatic carbocycles. The first kappa shape index (κ1) is 9.83. The molecule has 3 aliphatic rings. The first-order chi connectivity index (χ1) is 8.31. The van der Waals surface area contributed by atoms with Crippen LogP contribution in [0.25, 0.3) is 0 Å². The molecule has 17 heavy (non-hydrogen) atoms. The van der Waals surface area contributed by atoms with E-state index in [0.717, 1.165) is 31.5 Å². The van der Waals surface area contributed by atoms with Gasteiger partial charge in [-0.2, -0.15) is 0 Å². The molecule has 1 aliphatic carbocycles. The van der Waals surface area contributed by atoms with Gasteiger partial charge in [-0.1, -0.05) is 0 Å². The van der Waals surface area contributed by atoms with E-state index in [2.05, 4.69) is 4.98 Å². The molecule has 90 valence electrons. The molecule has 3 unspecified atom stereocenters. The van der Waals surface area contributed by atoms with Crippen molar-refractivity contribution in [3.05, 3.63) is 17.1 Å². The molecule has 0 radical (unpaired) electrons. The lowest BCUT2D eigenvalue weighted by Crippen LogP contribution is -2.18. The number of nitrogens with zero attached hydrogens (tertiary/aromatic N) is 2. The minimum atomic E-state index is 0.346. The van der Waals surface area contributed by atoms with Gasteiger partial charge >= 0.3 is 0 Å². The predicted molar refractivity (Wildman–Crippen MR) is 63.7 cm³/mol. The van der Waals surface area contributed by atoms with Gasteiger partial charge in [-0.05, 0) is 38.5 Å². The van der Waals surface area contributed by atoms with Gasteiger partial charge in [0.25, 0.3) is 0 Å². The SMILES string of the molecule is Nc1nc(C2CC3CCC2O3)nc2c1CCC2. The zero-order valence-corrected chi connectivity index (χ0v) is 9.85. The van der Waals surface area contributed by atoms with Crippen LogP contribution in [0.5, 0.6) is 0 Å². The van der Waals surface area contributed by atoms with Gasteiger partial charge in [0.2, 0.25) is 0 Å². The summed E-state index contributed by atoms with van der Waals surface area (Å²) >= 11 is 0. The van der Waals surface area contributed by atoms with Crippen molar-refractivity contribution in [2.24, 2.45) is 0 Å². The molecular formula is C13H17N3O. The molecule has 4 heteroatoms. The molecular weight excluding hydrogens is 214 g/mol. The largest absolute Gasteiger partial charge is 0.383 e. The summed E-state index contributed by atoms with van der Waals surface area (Å²) in [6.07, 6.45) is 7.54. The fraction of sp³-hybridized carbons (Fsp3) is 0.692. The van der Waals surface area contributed by atoms with Gasteiger partial charge in [0, 0.05) is 17.2 Å². The summed E-state index contributed by atoms with van der Waals surface area (Å²) in [5.74, 6) is 2.04. The van der Waals surface area contributed by atoms with E-state index >= 15 is 0 Å². The second-order valence-corrected chi connectivity index (χ2v) is 5.46. The molecule has 2 aliphatic heterocycles. The zero-order chi connectivity index (χ0) is 11.4. The number of anilines is 1. The average molecular weight is 231 g/mol. The van der Waals surface area contributed by atoms with Crippen LogP contribution in [-0.2, 0) is 17.6 Å². The third kappa shape index (κ3) is 1.40. The van der Waals surface area contributed by atoms with Crippen LogP contribution < -0.4 is 5.73 Å². The summed E-state index contributed by atoms with van der Waals surface area (Å²) in [5.41, 5.74) is 8.43. The molecule has 1 aromatic rings. The molecule has 0 spiro atoms. The summed E-state index contributed by atoms with van der Waals surface area (Å²) < 4.78 is 5.88. The normalized spacial score (nSPS) is 34.2. The highest BCUT2D eigenvalue weighted by Gasteiger charge is 2.43. The van der Waals surface area contributed by atoms with E-state index in [4.69, 9.17) is 15.5 Å². The van der Waals surface area contributed by atoms with Crippen LogP contribution >= 0.6 is 0 Å². The maximum atomic E-state index is 6.05. The second-order valence-electron chi connectivity index (χ2n) is 5.46.